The smallest absolute Gasteiger partial charge is 0.235 e. The molecule has 4 rings (SSSR count). The van der Waals surface area contributed by atoms with Crippen molar-refractivity contribution < 1.29 is 24.4 Å². The number of fused-ring (bicyclic) bond motifs is 1. The fourth-order valence-electron chi connectivity index (χ4n) is 3.73. The van der Waals surface area contributed by atoms with Crippen LogP contribution in [0.4, 0.5) is 4.39 Å². The minimum absolute atomic E-state index is 0.0974. The topological polar surface area (TPSA) is 79.5 Å². The zero-order chi connectivity index (χ0) is 18.1. The van der Waals surface area contributed by atoms with Crippen molar-refractivity contribution in [3.05, 3.63) is 46.9 Å². The van der Waals surface area contributed by atoms with E-state index in [1.165, 1.54) is 44.1 Å². The highest BCUT2D eigenvalue weighted by Gasteiger charge is 2.35. The quantitative estimate of drug-likeness (QED) is 0.435. The van der Waals surface area contributed by atoms with Gasteiger partial charge in [0.25, 0.3) is 0 Å². The number of hydrogen-bond donors (Lipinski definition) is 4. The van der Waals surface area contributed by atoms with E-state index in [0.717, 1.165) is 43.2 Å². The molecule has 1 aromatic carbocycles. The molecule has 1 aliphatic heterocycles. The molecule has 1 fully saturated rings. The van der Waals surface area contributed by atoms with Crippen molar-refractivity contribution in [1.29, 1.82) is 0 Å². The Morgan fingerprint density at radius 2 is 1.92 bits per heavy atom. The predicted molar refractivity (Wildman–Crippen MR) is 94.1 cm³/mol. The van der Waals surface area contributed by atoms with Gasteiger partial charge in [0, 0.05) is 5.56 Å². The van der Waals surface area contributed by atoms with Crippen LogP contribution in [0.5, 0.6) is 5.88 Å². The van der Waals surface area contributed by atoms with Gasteiger partial charge in [-0.2, -0.15) is 9.61 Å². The number of piperazine rings is 1. The molecule has 9 heteroatoms. The molecule has 0 unspecified atom stereocenters. The Kier molecular flexibility index (Phi) is 4.86. The van der Waals surface area contributed by atoms with E-state index < -0.39 is 0 Å². The molecule has 1 atom stereocenters. The lowest BCUT2D eigenvalue weighted by Crippen LogP contribution is -3.28. The first-order valence-corrected chi connectivity index (χ1v) is 9.55. The van der Waals surface area contributed by atoms with Crippen LogP contribution in [-0.4, -0.2) is 64.1 Å². The van der Waals surface area contributed by atoms with Crippen LogP contribution in [0.1, 0.15) is 16.5 Å². The molecule has 2 aromatic heterocycles. The molecule has 0 radical (unpaired) electrons. The molecule has 0 spiro atoms. The molecule has 138 valence electrons. The lowest BCUT2D eigenvalue weighted by atomic mass is 10.0. The van der Waals surface area contributed by atoms with E-state index in [1.807, 2.05) is 0 Å². The van der Waals surface area contributed by atoms with Crippen LogP contribution in [-0.2, 0) is 0 Å². The molecule has 26 heavy (non-hydrogen) atoms. The number of nitrogens with zero attached hydrogens (tertiary/aromatic N) is 3. The first kappa shape index (κ1) is 17.3. The lowest BCUT2D eigenvalue weighted by molar-refractivity contribution is -1.02. The minimum atomic E-state index is -0.272. The van der Waals surface area contributed by atoms with Crippen molar-refractivity contribution >= 4 is 16.3 Å². The van der Waals surface area contributed by atoms with Gasteiger partial charge in [0.15, 0.2) is 6.04 Å². The fourth-order valence-corrected chi connectivity index (χ4v) is 4.85. The van der Waals surface area contributed by atoms with Gasteiger partial charge in [-0.1, -0.05) is 11.3 Å². The summed E-state index contributed by atoms with van der Waals surface area (Å²) in [6, 6.07) is 6.40. The van der Waals surface area contributed by atoms with Gasteiger partial charge in [-0.25, -0.2) is 9.37 Å². The number of aromatic nitrogens is 3. The van der Waals surface area contributed by atoms with Crippen molar-refractivity contribution in [3.63, 3.8) is 0 Å². The van der Waals surface area contributed by atoms with Crippen LogP contribution in [0.2, 0.25) is 0 Å². The molecule has 0 amide bonds. The van der Waals surface area contributed by atoms with Crippen LogP contribution >= 0.6 is 11.3 Å². The number of aliphatic hydroxyl groups excluding tert-OH is 1. The van der Waals surface area contributed by atoms with Crippen molar-refractivity contribution in [3.8, 4) is 5.88 Å². The Morgan fingerprint density at radius 1 is 1.19 bits per heavy atom. The van der Waals surface area contributed by atoms with Crippen LogP contribution in [0, 0.1) is 5.82 Å². The number of aromatic hydroxyl groups is 1. The number of quaternary nitrogens is 2. The number of aliphatic hydroxyl groups is 1. The van der Waals surface area contributed by atoms with Crippen LogP contribution in [0.3, 0.4) is 0 Å². The summed E-state index contributed by atoms with van der Waals surface area (Å²) in [6.45, 7) is 4.68. The van der Waals surface area contributed by atoms with Crippen molar-refractivity contribution in [1.82, 2.24) is 14.6 Å². The van der Waals surface area contributed by atoms with Gasteiger partial charge < -0.3 is 20.0 Å². The summed E-state index contributed by atoms with van der Waals surface area (Å²) in [5, 5.41) is 23.9. The van der Waals surface area contributed by atoms with Crippen LogP contribution < -0.4 is 9.80 Å². The maximum absolute atomic E-state index is 13.4. The van der Waals surface area contributed by atoms with Crippen molar-refractivity contribution in [2.45, 2.75) is 6.04 Å². The number of benzene rings is 1. The Labute approximate surface area is 153 Å². The average molecular weight is 379 g/mol. The van der Waals surface area contributed by atoms with Gasteiger partial charge in [0.1, 0.15) is 49.7 Å². The van der Waals surface area contributed by atoms with Crippen LogP contribution in [0.15, 0.2) is 30.6 Å². The molecule has 0 saturated carbocycles. The van der Waals surface area contributed by atoms with E-state index in [9.17, 15) is 9.50 Å². The highest BCUT2D eigenvalue weighted by molar-refractivity contribution is 7.17. The van der Waals surface area contributed by atoms with E-state index in [4.69, 9.17) is 5.11 Å². The highest BCUT2D eigenvalue weighted by Crippen LogP contribution is 2.34. The second-order valence-electron chi connectivity index (χ2n) is 6.61. The zero-order valence-corrected chi connectivity index (χ0v) is 15.0. The van der Waals surface area contributed by atoms with Crippen molar-refractivity contribution in [2.24, 2.45) is 0 Å². The lowest BCUT2D eigenvalue weighted by Gasteiger charge is -2.34. The normalized spacial score (nSPS) is 21.9. The summed E-state index contributed by atoms with van der Waals surface area (Å²) in [6.07, 6.45) is 1.42. The summed E-state index contributed by atoms with van der Waals surface area (Å²) < 4.78 is 14.9. The Balaban J connectivity index is 1.69. The number of rotatable bonds is 5. The predicted octanol–water partition coefficient (Wildman–Crippen LogP) is -1.50. The number of nitrogens with one attached hydrogen (secondary N) is 2. The second kappa shape index (κ2) is 7.28. The molecule has 1 aliphatic rings. The maximum Gasteiger partial charge on any atom is 0.235 e. The first-order chi connectivity index (χ1) is 12.7. The third-order valence-corrected chi connectivity index (χ3v) is 6.18. The molecule has 3 aromatic rings. The van der Waals surface area contributed by atoms with Crippen molar-refractivity contribution in [2.75, 3.05) is 39.3 Å². The number of hydrogen-bond acceptors (Lipinski definition) is 5. The monoisotopic (exact) mass is 379 g/mol. The SMILES string of the molecule is OCC[NH+]1CC[NH+]([C@@H](c2ccc(F)cc2)c2sc3ncnn3c2O)CC1. The average Bonchev–Trinajstić information content (AvgIpc) is 3.22. The maximum atomic E-state index is 13.4. The van der Waals surface area contributed by atoms with E-state index >= 15 is 0 Å². The Bertz CT molecular complexity index is 873. The molecular formula is C17H22FN5O2S+2. The van der Waals surface area contributed by atoms with Gasteiger partial charge in [0.05, 0.1) is 6.61 Å². The molecule has 4 N–H and O–H groups in total. The standard InChI is InChI=1S/C17H20FN5O2S/c18-13-3-1-12(2-4-13)14(22-7-5-21(6-8-22)9-10-24)15-16(25)23-17(26-15)19-11-20-23/h1-4,11,14,24-25H,5-10H2/p+2/t14-/m0/s1. The van der Waals surface area contributed by atoms with E-state index in [1.54, 1.807) is 12.1 Å². The summed E-state index contributed by atoms with van der Waals surface area (Å²) in [5.41, 5.74) is 0.965. The van der Waals surface area contributed by atoms with Gasteiger partial charge in [-0.05, 0) is 24.3 Å². The minimum Gasteiger partial charge on any atom is -0.492 e. The van der Waals surface area contributed by atoms with Crippen LogP contribution in [0.25, 0.3) is 4.96 Å². The first-order valence-electron chi connectivity index (χ1n) is 8.73. The zero-order valence-electron chi connectivity index (χ0n) is 14.2. The molecule has 7 nitrogen and oxygen atoms in total. The molecule has 1 saturated heterocycles. The van der Waals surface area contributed by atoms with Gasteiger partial charge in [-0.15, -0.1) is 0 Å². The second-order valence-corrected chi connectivity index (χ2v) is 7.62. The van der Waals surface area contributed by atoms with E-state index in [0.29, 0.717) is 4.96 Å². The number of thiazole rings is 1. The summed E-state index contributed by atoms with van der Waals surface area (Å²) in [7, 11) is 0. The Morgan fingerprint density at radius 3 is 2.58 bits per heavy atom. The summed E-state index contributed by atoms with van der Waals surface area (Å²) in [5.74, 6) is -0.166. The Hall–Kier alpha value is -2.07. The fraction of sp³-hybridized carbons (Fsp3) is 0.412. The molecule has 0 aliphatic carbocycles. The van der Waals surface area contributed by atoms with Gasteiger partial charge >= 0.3 is 0 Å². The third-order valence-electron chi connectivity index (χ3n) is 5.08. The van der Waals surface area contributed by atoms with E-state index in [-0.39, 0.29) is 24.3 Å². The third kappa shape index (κ3) is 3.18. The van der Waals surface area contributed by atoms with E-state index in [2.05, 4.69) is 10.1 Å². The molecular weight excluding hydrogens is 357 g/mol. The molecule has 3 heterocycles. The summed E-state index contributed by atoms with van der Waals surface area (Å²) >= 11 is 1.42. The summed E-state index contributed by atoms with van der Waals surface area (Å²) in [4.78, 5) is 8.33. The highest BCUT2D eigenvalue weighted by atomic mass is 32.1. The molecule has 0 bridgehead atoms. The van der Waals surface area contributed by atoms with Gasteiger partial charge in [-0.3, -0.25) is 0 Å². The van der Waals surface area contributed by atoms with Gasteiger partial charge in [0.2, 0.25) is 10.8 Å². The largest absolute Gasteiger partial charge is 0.492 e. The number of halogens is 1.